The molecule has 1 aliphatic rings. The van der Waals surface area contributed by atoms with Crippen LogP contribution in [-0.4, -0.2) is 62.2 Å². The van der Waals surface area contributed by atoms with Gasteiger partial charge in [0.1, 0.15) is 17.5 Å². The van der Waals surface area contributed by atoms with Crippen molar-refractivity contribution >= 4 is 28.1 Å². The number of hydrogen-bond acceptors (Lipinski definition) is 8. The van der Waals surface area contributed by atoms with E-state index in [1.54, 1.807) is 46.8 Å². The molecular weight excluding hydrogens is 567 g/mol. The van der Waals surface area contributed by atoms with E-state index < -0.39 is 63.4 Å². The molecule has 12 heteroatoms. The maximum Gasteiger partial charge on any atom is 0.408 e. The molecule has 230 valence electrons. The Kier molecular flexibility index (Phi) is 10.7. The van der Waals surface area contributed by atoms with Gasteiger partial charge in [-0.1, -0.05) is 29.8 Å². The third-order valence-corrected chi connectivity index (χ3v) is 8.71. The molecule has 42 heavy (non-hydrogen) atoms. The summed E-state index contributed by atoms with van der Waals surface area (Å²) in [6.45, 7) is 9.88. The van der Waals surface area contributed by atoms with Crippen LogP contribution in [0.15, 0.2) is 53.4 Å². The Hall–Kier alpha value is -3.51. The zero-order valence-corrected chi connectivity index (χ0v) is 25.6. The van der Waals surface area contributed by atoms with Gasteiger partial charge in [-0.05, 0) is 71.4 Å². The molecule has 2 aromatic carbocycles. The first-order valence-corrected chi connectivity index (χ1v) is 15.3. The first-order valence-electron chi connectivity index (χ1n) is 13.8. The summed E-state index contributed by atoms with van der Waals surface area (Å²) in [5.74, 6) is -3.82. The monoisotopic (exact) mass is 606 g/mol. The molecule has 1 fully saturated rings. The van der Waals surface area contributed by atoms with Gasteiger partial charge in [-0.2, -0.15) is 4.31 Å². The summed E-state index contributed by atoms with van der Waals surface area (Å²) in [7, 11) is -4.29. The second kappa shape index (κ2) is 13.6. The molecule has 1 heterocycles. The predicted molar refractivity (Wildman–Crippen MR) is 152 cm³/mol. The average molecular weight is 607 g/mol. The van der Waals surface area contributed by atoms with Crippen LogP contribution in [0.3, 0.4) is 0 Å². The third-order valence-electron chi connectivity index (χ3n) is 6.85. The molecule has 1 unspecified atom stereocenters. The number of rotatable bonds is 10. The van der Waals surface area contributed by atoms with E-state index in [0.717, 1.165) is 9.87 Å². The number of esters is 2. The number of nitrogens with one attached hydrogen (secondary N) is 1. The van der Waals surface area contributed by atoms with Crippen LogP contribution in [0.4, 0.5) is 9.18 Å². The molecule has 10 nitrogen and oxygen atoms in total. The molecule has 0 aromatic heterocycles. The summed E-state index contributed by atoms with van der Waals surface area (Å²) in [5.41, 5.74) is 0.415. The highest BCUT2D eigenvalue weighted by atomic mass is 32.2. The van der Waals surface area contributed by atoms with Crippen molar-refractivity contribution in [1.82, 2.24) is 9.62 Å². The molecule has 0 saturated carbocycles. The average Bonchev–Trinajstić information content (AvgIpc) is 3.27. The fraction of sp³-hybridized carbons (Fsp3) is 0.500. The number of ether oxygens (including phenoxy) is 3. The lowest BCUT2D eigenvalue weighted by Gasteiger charge is -2.31. The smallest absolute Gasteiger partial charge is 0.408 e. The van der Waals surface area contributed by atoms with Crippen molar-refractivity contribution in [3.05, 3.63) is 65.5 Å². The van der Waals surface area contributed by atoms with Gasteiger partial charge in [0, 0.05) is 18.4 Å². The van der Waals surface area contributed by atoms with Crippen LogP contribution in [0, 0.1) is 24.6 Å². The van der Waals surface area contributed by atoms with Crippen LogP contribution in [-0.2, 0) is 33.8 Å². The minimum Gasteiger partial charge on any atom is -0.466 e. The van der Waals surface area contributed by atoms with E-state index in [4.69, 9.17) is 14.2 Å². The predicted octanol–water partition coefficient (Wildman–Crippen LogP) is 4.52. The van der Waals surface area contributed by atoms with Gasteiger partial charge in [0.25, 0.3) is 0 Å². The van der Waals surface area contributed by atoms with Crippen LogP contribution in [0.1, 0.15) is 58.2 Å². The van der Waals surface area contributed by atoms with Gasteiger partial charge in [-0.25, -0.2) is 17.6 Å². The van der Waals surface area contributed by atoms with Gasteiger partial charge in [0.2, 0.25) is 10.0 Å². The molecular formula is C30H39FN2O8S. The van der Waals surface area contributed by atoms with Crippen LogP contribution >= 0.6 is 0 Å². The lowest BCUT2D eigenvalue weighted by molar-refractivity contribution is -0.150. The Labute approximate surface area is 246 Å². The summed E-state index contributed by atoms with van der Waals surface area (Å²) >= 11 is 0. The maximum absolute atomic E-state index is 14.0. The zero-order valence-electron chi connectivity index (χ0n) is 24.8. The topological polar surface area (TPSA) is 128 Å². The van der Waals surface area contributed by atoms with Gasteiger partial charge in [-0.3, -0.25) is 9.59 Å². The summed E-state index contributed by atoms with van der Waals surface area (Å²) in [5, 5.41) is 2.79. The molecule has 0 bridgehead atoms. The molecule has 1 aliphatic heterocycles. The number of carbonyl (C=O) groups is 3. The van der Waals surface area contributed by atoms with E-state index in [-0.39, 0.29) is 31.1 Å². The second-order valence-electron chi connectivity index (χ2n) is 11.1. The van der Waals surface area contributed by atoms with Crippen molar-refractivity contribution in [1.29, 1.82) is 0 Å². The van der Waals surface area contributed by atoms with Crippen molar-refractivity contribution in [3.8, 4) is 0 Å². The van der Waals surface area contributed by atoms with Gasteiger partial charge in [-0.15, -0.1) is 0 Å². The summed E-state index contributed by atoms with van der Waals surface area (Å²) in [6, 6.07) is 9.10. The minimum atomic E-state index is -4.29. The molecule has 1 saturated heterocycles. The first-order chi connectivity index (χ1) is 19.7. The Bertz CT molecular complexity index is 1360. The van der Waals surface area contributed by atoms with E-state index >= 15 is 0 Å². The lowest BCUT2D eigenvalue weighted by Crippen LogP contribution is -2.45. The third kappa shape index (κ3) is 8.07. The van der Waals surface area contributed by atoms with Crippen molar-refractivity contribution in [2.45, 2.75) is 70.5 Å². The zero-order chi connectivity index (χ0) is 31.2. The molecule has 2 aromatic rings. The van der Waals surface area contributed by atoms with Gasteiger partial charge >= 0.3 is 18.0 Å². The van der Waals surface area contributed by atoms with E-state index in [9.17, 15) is 27.2 Å². The Morgan fingerprint density at radius 3 is 2.14 bits per heavy atom. The Balaban J connectivity index is 2.19. The molecule has 0 aliphatic carbocycles. The van der Waals surface area contributed by atoms with Crippen molar-refractivity contribution in [2.24, 2.45) is 11.8 Å². The van der Waals surface area contributed by atoms with E-state index in [0.29, 0.717) is 5.56 Å². The normalized spacial score (nSPS) is 20.0. The quantitative estimate of drug-likeness (QED) is 0.309. The number of benzene rings is 2. The van der Waals surface area contributed by atoms with E-state index in [1.165, 1.54) is 36.4 Å². The SMILES string of the molecule is CCOC(=O)C[C@@H]1[C@@H](C(NC(=O)OC(C)(C)C)c2ccc(F)cc2)CN(S(=O)(=O)c2ccc(C)cc2)[C@@H]1C(=O)OCC. The highest BCUT2D eigenvalue weighted by Gasteiger charge is 2.55. The largest absolute Gasteiger partial charge is 0.466 e. The minimum absolute atomic E-state index is 0.0257. The highest BCUT2D eigenvalue weighted by Crippen LogP contribution is 2.43. The van der Waals surface area contributed by atoms with Crippen LogP contribution in [0.2, 0.25) is 0 Å². The fourth-order valence-corrected chi connectivity index (χ4v) is 6.75. The molecule has 1 N–H and O–H groups in total. The van der Waals surface area contributed by atoms with Crippen LogP contribution in [0.25, 0.3) is 0 Å². The number of hydrogen-bond donors (Lipinski definition) is 1. The van der Waals surface area contributed by atoms with Crippen molar-refractivity contribution in [3.63, 3.8) is 0 Å². The Morgan fingerprint density at radius 2 is 1.60 bits per heavy atom. The Morgan fingerprint density at radius 1 is 1.00 bits per heavy atom. The lowest BCUT2D eigenvalue weighted by atomic mass is 9.80. The number of carbonyl (C=O) groups excluding carboxylic acids is 3. The second-order valence-corrected chi connectivity index (χ2v) is 13.0. The number of sulfonamides is 1. The molecule has 3 rings (SSSR count). The highest BCUT2D eigenvalue weighted by molar-refractivity contribution is 7.89. The number of halogens is 1. The molecule has 0 radical (unpaired) electrons. The number of aryl methyl sites for hydroxylation is 1. The number of nitrogens with zero attached hydrogens (tertiary/aromatic N) is 1. The fourth-order valence-electron chi connectivity index (χ4n) is 5.09. The summed E-state index contributed by atoms with van der Waals surface area (Å²) in [4.78, 5) is 39.3. The summed E-state index contributed by atoms with van der Waals surface area (Å²) < 4.78 is 59.0. The molecule has 1 amide bonds. The molecule has 4 atom stereocenters. The first kappa shape index (κ1) is 33.0. The number of amides is 1. The van der Waals surface area contributed by atoms with E-state index in [1.807, 2.05) is 6.92 Å². The van der Waals surface area contributed by atoms with Crippen LogP contribution in [0.5, 0.6) is 0 Å². The molecule has 0 spiro atoms. The van der Waals surface area contributed by atoms with Crippen LogP contribution < -0.4 is 5.32 Å². The van der Waals surface area contributed by atoms with Crippen molar-refractivity contribution in [2.75, 3.05) is 19.8 Å². The van der Waals surface area contributed by atoms with Gasteiger partial charge in [0.05, 0.1) is 30.6 Å². The summed E-state index contributed by atoms with van der Waals surface area (Å²) in [6.07, 6.45) is -1.14. The standard InChI is InChI=1S/C30H39FN2O8S/c1-7-39-25(34)17-23-24(26(20-11-13-21(31)14-12-20)32-29(36)41-30(4,5)6)18-33(27(23)28(35)40-8-2)42(37,38)22-15-9-19(3)10-16-22/h9-16,23-24,26-27H,7-8,17-18H2,1-6H3,(H,32,36)/t23-,24+,26?,27+/m1/s1. The van der Waals surface area contributed by atoms with Crippen molar-refractivity contribution < 1.29 is 41.4 Å². The maximum atomic E-state index is 14.0. The van der Waals surface area contributed by atoms with Gasteiger partial charge < -0.3 is 19.5 Å². The van der Waals surface area contributed by atoms with E-state index in [2.05, 4.69) is 5.32 Å². The van der Waals surface area contributed by atoms with Gasteiger partial charge in [0.15, 0.2) is 0 Å². The number of alkyl carbamates (subject to hydrolysis) is 1.